The van der Waals surface area contributed by atoms with Crippen LogP contribution in [0.2, 0.25) is 0 Å². The number of imidazole rings is 2. The smallest absolute Gasteiger partial charge is 0.276 e. The molecule has 2 aromatic carbocycles. The largest absolute Gasteiger partial charge is 0.491 e. The lowest BCUT2D eigenvalue weighted by Crippen LogP contribution is -2.37. The lowest BCUT2D eigenvalue weighted by molar-refractivity contribution is -0.122. The maximum atomic E-state index is 13.9. The van der Waals surface area contributed by atoms with Gasteiger partial charge in [0.05, 0.1) is 48.2 Å². The number of ether oxygens (including phenoxy) is 3. The van der Waals surface area contributed by atoms with E-state index in [2.05, 4.69) is 26.1 Å². The number of aryl methyl sites for hydroxylation is 5. The number of carbonyl (C=O) groups is 5. The van der Waals surface area contributed by atoms with Crippen LogP contribution in [0, 0.1) is 13.8 Å². The molecule has 1 atom stereocenters. The fourth-order valence-electron chi connectivity index (χ4n) is 8.02. The Balaban J connectivity index is 1.19. The third-order valence-electron chi connectivity index (χ3n) is 11.2. The maximum Gasteiger partial charge on any atom is 0.276 e. The standard InChI is InChI=1S/C44H56N14O8/c1-7-56-32(17-25(3)52-56)41(62)50-43-48-30-19-27(39(45)60)21-34(65-15-10-12-47-36(59)23-54(5)14-16-64-6)37(30)55(43)13-9-11-29-24-66-35-22-28(40(46)61)20-31-38(35)58(29)44(49-31)51-42(63)33-18-26(4)53-57(33)8-2/h17-22,29H,7-16,23-24H2,1-6H3,(H2,45,60)(H2,46,61)(H,47,59)(H,48,50,62)(H,49,51,63)/t29-/m0/s1. The fraction of sp³-hybridized carbons (Fsp3) is 0.432. The van der Waals surface area contributed by atoms with E-state index in [4.69, 9.17) is 35.6 Å². The first-order chi connectivity index (χ1) is 31.7. The number of nitrogens with one attached hydrogen (secondary N) is 3. The molecule has 0 fully saturated rings. The van der Waals surface area contributed by atoms with Crippen molar-refractivity contribution in [2.75, 3.05) is 64.2 Å². The van der Waals surface area contributed by atoms with Crippen LogP contribution in [0.15, 0.2) is 36.4 Å². The number of amides is 5. The summed E-state index contributed by atoms with van der Waals surface area (Å²) in [5.41, 5.74) is 15.7. The zero-order valence-corrected chi connectivity index (χ0v) is 38.0. The molecule has 1 aliphatic rings. The molecule has 7 N–H and O–H groups in total. The number of methoxy groups -OCH3 is 1. The predicted molar refractivity (Wildman–Crippen MR) is 244 cm³/mol. The summed E-state index contributed by atoms with van der Waals surface area (Å²) in [5, 5.41) is 17.7. The summed E-state index contributed by atoms with van der Waals surface area (Å²) in [6.07, 6.45) is 1.39. The molecule has 0 bridgehead atoms. The van der Waals surface area contributed by atoms with E-state index in [0.29, 0.717) is 108 Å². The van der Waals surface area contributed by atoms with Crippen LogP contribution in [0.4, 0.5) is 11.9 Å². The Morgan fingerprint density at radius 2 is 1.42 bits per heavy atom. The van der Waals surface area contributed by atoms with E-state index in [-0.39, 0.29) is 61.3 Å². The van der Waals surface area contributed by atoms with Gasteiger partial charge in [0, 0.05) is 51.0 Å². The van der Waals surface area contributed by atoms with Gasteiger partial charge in [0.2, 0.25) is 29.6 Å². The highest BCUT2D eigenvalue weighted by molar-refractivity contribution is 6.05. The molecule has 7 rings (SSSR count). The molecule has 1 aliphatic heterocycles. The molecule has 0 saturated carbocycles. The van der Waals surface area contributed by atoms with Crippen molar-refractivity contribution in [3.05, 3.63) is 70.3 Å². The number of nitrogens with zero attached hydrogens (tertiary/aromatic N) is 9. The Morgan fingerprint density at radius 3 is 2.05 bits per heavy atom. The second kappa shape index (κ2) is 20.2. The molecule has 5 amide bonds. The number of carbonyl (C=O) groups excluding carboxylic acids is 5. The SMILES string of the molecule is CCn1nc(C)cc1C(=O)Nc1nc2cc(C(N)=O)cc(OCCCNC(=O)CN(C)CCOC)c2n1CCC[C@H]1COc2cc(C(N)=O)cc3nc(NC(=O)c4cc(C)nn4CC)n1c23. The molecule has 22 nitrogen and oxygen atoms in total. The molecule has 5 heterocycles. The molecule has 350 valence electrons. The fourth-order valence-corrected chi connectivity index (χ4v) is 8.02. The van der Waals surface area contributed by atoms with E-state index in [1.54, 1.807) is 59.8 Å². The number of benzene rings is 2. The van der Waals surface area contributed by atoms with Gasteiger partial charge in [-0.1, -0.05) is 0 Å². The summed E-state index contributed by atoms with van der Waals surface area (Å²) < 4.78 is 24.6. The minimum absolute atomic E-state index is 0.142. The molecule has 66 heavy (non-hydrogen) atoms. The first-order valence-corrected chi connectivity index (χ1v) is 21.8. The highest BCUT2D eigenvalue weighted by Gasteiger charge is 2.30. The van der Waals surface area contributed by atoms with Crippen LogP contribution in [-0.2, 0) is 29.2 Å². The van der Waals surface area contributed by atoms with Crippen LogP contribution in [0.3, 0.4) is 0 Å². The van der Waals surface area contributed by atoms with Gasteiger partial charge >= 0.3 is 0 Å². The van der Waals surface area contributed by atoms with Gasteiger partial charge in [0.25, 0.3) is 11.8 Å². The molecule has 0 aliphatic carbocycles. The van der Waals surface area contributed by atoms with E-state index in [1.807, 2.05) is 41.9 Å². The van der Waals surface area contributed by atoms with Crippen LogP contribution >= 0.6 is 0 Å². The summed E-state index contributed by atoms with van der Waals surface area (Å²) in [7, 11) is 3.44. The van der Waals surface area contributed by atoms with Gasteiger partial charge in [-0.05, 0) is 90.4 Å². The van der Waals surface area contributed by atoms with Crippen molar-refractivity contribution in [2.45, 2.75) is 72.6 Å². The molecule has 0 unspecified atom stereocenters. The molecule has 4 aromatic heterocycles. The van der Waals surface area contributed by atoms with Gasteiger partial charge in [-0.2, -0.15) is 10.2 Å². The normalized spacial score (nSPS) is 13.3. The second-order valence-electron chi connectivity index (χ2n) is 16.1. The summed E-state index contributed by atoms with van der Waals surface area (Å²) >= 11 is 0. The molecule has 6 aromatic rings. The van der Waals surface area contributed by atoms with E-state index in [9.17, 15) is 24.0 Å². The Kier molecular flexibility index (Phi) is 14.3. The van der Waals surface area contributed by atoms with E-state index < -0.39 is 23.6 Å². The summed E-state index contributed by atoms with van der Waals surface area (Å²) in [6, 6.07) is 9.25. The summed E-state index contributed by atoms with van der Waals surface area (Å²) in [4.78, 5) is 76.5. The van der Waals surface area contributed by atoms with Gasteiger partial charge < -0.3 is 40.1 Å². The molecular formula is C44H56N14O8. The highest BCUT2D eigenvalue weighted by atomic mass is 16.5. The number of primary amides is 2. The van der Waals surface area contributed by atoms with Crippen molar-refractivity contribution in [1.82, 2.24) is 48.9 Å². The van der Waals surface area contributed by atoms with E-state index in [1.165, 1.54) is 0 Å². The monoisotopic (exact) mass is 908 g/mol. The molecular weight excluding hydrogens is 853 g/mol. The summed E-state index contributed by atoms with van der Waals surface area (Å²) in [6.45, 7) is 10.6. The maximum absolute atomic E-state index is 13.9. The first-order valence-electron chi connectivity index (χ1n) is 21.8. The minimum atomic E-state index is -0.696. The lowest BCUT2D eigenvalue weighted by Gasteiger charge is -2.27. The van der Waals surface area contributed by atoms with Crippen molar-refractivity contribution in [3.8, 4) is 11.5 Å². The predicted octanol–water partition coefficient (Wildman–Crippen LogP) is 3.02. The Labute approximate surface area is 379 Å². The quantitative estimate of drug-likeness (QED) is 0.0614. The van der Waals surface area contributed by atoms with Crippen LogP contribution in [-0.4, -0.2) is 127 Å². The lowest BCUT2D eigenvalue weighted by atomic mass is 10.1. The first kappa shape index (κ1) is 46.7. The van der Waals surface area contributed by atoms with Gasteiger partial charge in [-0.15, -0.1) is 0 Å². The average Bonchev–Trinajstić information content (AvgIpc) is 4.06. The van der Waals surface area contributed by atoms with Crippen molar-refractivity contribution >= 4 is 63.5 Å². The van der Waals surface area contributed by atoms with Crippen molar-refractivity contribution < 1.29 is 38.2 Å². The Bertz CT molecular complexity index is 2800. The number of hydrogen-bond acceptors (Lipinski definition) is 13. The average molecular weight is 909 g/mol. The number of fused-ring (bicyclic) bond motifs is 1. The Hall–Kier alpha value is -7.33. The van der Waals surface area contributed by atoms with Gasteiger partial charge in [-0.3, -0.25) is 48.9 Å². The molecule has 0 spiro atoms. The van der Waals surface area contributed by atoms with Gasteiger partial charge in [0.15, 0.2) is 0 Å². The van der Waals surface area contributed by atoms with Crippen molar-refractivity contribution in [3.63, 3.8) is 0 Å². The zero-order valence-electron chi connectivity index (χ0n) is 38.0. The number of aromatic nitrogens is 8. The highest BCUT2D eigenvalue weighted by Crippen LogP contribution is 2.39. The molecule has 0 saturated heterocycles. The second-order valence-corrected chi connectivity index (χ2v) is 16.1. The topological polar surface area (TPSA) is 276 Å². The van der Waals surface area contributed by atoms with Crippen LogP contribution in [0.1, 0.15) is 92.2 Å². The minimum Gasteiger partial charge on any atom is -0.491 e. The van der Waals surface area contributed by atoms with E-state index >= 15 is 0 Å². The zero-order chi connectivity index (χ0) is 47.2. The summed E-state index contributed by atoms with van der Waals surface area (Å²) in [5.74, 6) is -1.20. The third kappa shape index (κ3) is 10.1. The van der Waals surface area contributed by atoms with Crippen molar-refractivity contribution in [1.29, 1.82) is 0 Å². The van der Waals surface area contributed by atoms with Crippen LogP contribution in [0.5, 0.6) is 11.5 Å². The van der Waals surface area contributed by atoms with Gasteiger partial charge in [0.1, 0.15) is 40.5 Å². The van der Waals surface area contributed by atoms with Crippen LogP contribution in [0.25, 0.3) is 22.1 Å². The molecule has 22 heteroatoms. The van der Waals surface area contributed by atoms with E-state index in [0.717, 1.165) is 0 Å². The van der Waals surface area contributed by atoms with Gasteiger partial charge in [-0.25, -0.2) is 9.97 Å². The van der Waals surface area contributed by atoms with Crippen molar-refractivity contribution in [2.24, 2.45) is 11.5 Å². The number of likely N-dealkylation sites (N-methyl/N-ethyl adjacent to an activating group) is 1. The van der Waals surface area contributed by atoms with Crippen LogP contribution < -0.4 is 36.9 Å². The number of anilines is 2. The molecule has 0 radical (unpaired) electrons. The Morgan fingerprint density at radius 1 is 0.818 bits per heavy atom. The number of nitrogens with two attached hydrogens (primary N) is 2. The third-order valence-corrected chi connectivity index (χ3v) is 11.2. The number of rotatable bonds is 22. The number of hydrogen-bond donors (Lipinski definition) is 5.